The van der Waals surface area contributed by atoms with Gasteiger partial charge < -0.3 is 9.66 Å². The van der Waals surface area contributed by atoms with Gasteiger partial charge in [0.25, 0.3) is 0 Å². The minimum absolute atomic E-state index is 0.0698. The Labute approximate surface area is 155 Å². The van der Waals surface area contributed by atoms with Crippen molar-refractivity contribution in [1.29, 1.82) is 0 Å². The maximum atomic E-state index is 12.1. The van der Waals surface area contributed by atoms with E-state index in [9.17, 15) is 9.66 Å². The molecule has 7 heteroatoms. The number of pyridine rings is 1. The lowest BCUT2D eigenvalue weighted by Gasteiger charge is -2.23. The van der Waals surface area contributed by atoms with E-state index in [4.69, 9.17) is 11.6 Å². The van der Waals surface area contributed by atoms with Crippen LogP contribution in [-0.2, 0) is 24.5 Å². The third-order valence-electron chi connectivity index (χ3n) is 3.22. The van der Waals surface area contributed by atoms with Crippen LogP contribution in [0.4, 0.5) is 0 Å². The second kappa shape index (κ2) is 8.56. The van der Waals surface area contributed by atoms with Gasteiger partial charge >= 0.3 is 0 Å². The highest BCUT2D eigenvalue weighted by molar-refractivity contribution is 7.99. The van der Waals surface area contributed by atoms with Crippen LogP contribution in [0.5, 0.6) is 0 Å². The fourth-order valence-corrected chi connectivity index (χ4v) is 3.85. The van der Waals surface area contributed by atoms with Crippen LogP contribution in [0.1, 0.15) is 31.9 Å². The Bertz CT molecular complexity index is 693. The van der Waals surface area contributed by atoms with Crippen molar-refractivity contribution in [2.24, 2.45) is 0 Å². The summed E-state index contributed by atoms with van der Waals surface area (Å²) in [5.74, 6) is 0. The summed E-state index contributed by atoms with van der Waals surface area (Å²) in [5.41, 5.74) is 1.64. The number of hydrogen-bond acceptors (Lipinski definition) is 5. The van der Waals surface area contributed by atoms with E-state index >= 15 is 0 Å². The normalized spacial score (nSPS) is 13.1. The Morgan fingerprint density at radius 3 is 2.62 bits per heavy atom. The Morgan fingerprint density at radius 2 is 1.96 bits per heavy atom. The highest BCUT2D eigenvalue weighted by atomic mass is 35.5. The van der Waals surface area contributed by atoms with Gasteiger partial charge in [-0.1, -0.05) is 41.6 Å². The molecule has 0 saturated heterocycles. The van der Waals surface area contributed by atoms with E-state index in [0.717, 1.165) is 21.0 Å². The number of nitrogens with one attached hydrogen (secondary N) is 1. The zero-order chi connectivity index (χ0) is 17.7. The smallest absolute Gasteiger partial charge is 0.136 e. The molecule has 24 heavy (non-hydrogen) atoms. The van der Waals surface area contributed by atoms with Gasteiger partial charge in [0.1, 0.15) is 9.77 Å². The summed E-state index contributed by atoms with van der Waals surface area (Å²) in [7, 11) is 0. The molecule has 1 heterocycles. The van der Waals surface area contributed by atoms with Gasteiger partial charge in [-0.2, -0.15) is 0 Å². The van der Waals surface area contributed by atoms with Gasteiger partial charge in [0.15, 0.2) is 0 Å². The first kappa shape index (κ1) is 19.6. The van der Waals surface area contributed by atoms with Crippen molar-refractivity contribution >= 4 is 34.7 Å². The van der Waals surface area contributed by atoms with E-state index in [1.54, 1.807) is 12.3 Å². The highest BCUT2D eigenvalue weighted by Crippen LogP contribution is 2.35. The molecule has 2 rings (SSSR count). The van der Waals surface area contributed by atoms with E-state index in [-0.39, 0.29) is 11.4 Å². The lowest BCUT2D eigenvalue weighted by molar-refractivity contribution is 0.278. The van der Waals surface area contributed by atoms with E-state index in [2.05, 4.69) is 9.71 Å². The van der Waals surface area contributed by atoms with Crippen LogP contribution >= 0.6 is 23.4 Å². The average molecular weight is 385 g/mol. The lowest BCUT2D eigenvalue weighted by atomic mass is 10.2. The molecule has 1 atom stereocenters. The number of rotatable bonds is 6. The summed E-state index contributed by atoms with van der Waals surface area (Å²) < 4.78 is 14.8. The van der Waals surface area contributed by atoms with Crippen molar-refractivity contribution in [2.75, 3.05) is 0 Å². The molecule has 0 fully saturated rings. The molecule has 0 aliphatic rings. The van der Waals surface area contributed by atoms with Crippen molar-refractivity contribution < 1.29 is 9.66 Å². The molecule has 4 nitrogen and oxygen atoms in total. The van der Waals surface area contributed by atoms with Crippen molar-refractivity contribution in [3.63, 3.8) is 0 Å². The van der Waals surface area contributed by atoms with Gasteiger partial charge in [0.2, 0.25) is 0 Å². The predicted octanol–water partition coefficient (Wildman–Crippen LogP) is 3.93. The fraction of sp³-hybridized carbons (Fsp3) is 0.353. The van der Waals surface area contributed by atoms with Crippen molar-refractivity contribution in [2.45, 2.75) is 48.6 Å². The van der Waals surface area contributed by atoms with Crippen LogP contribution in [0.15, 0.2) is 46.5 Å². The Morgan fingerprint density at radius 1 is 1.25 bits per heavy atom. The average Bonchev–Trinajstić information content (AvgIpc) is 2.55. The Kier molecular flexibility index (Phi) is 6.98. The summed E-state index contributed by atoms with van der Waals surface area (Å²) in [6, 6.07) is 9.35. The van der Waals surface area contributed by atoms with Crippen LogP contribution < -0.4 is 4.72 Å². The highest BCUT2D eigenvalue weighted by Gasteiger charge is 2.26. The van der Waals surface area contributed by atoms with Crippen molar-refractivity contribution in [3.8, 4) is 0 Å². The first-order valence-corrected chi connectivity index (χ1v) is 9.82. The van der Waals surface area contributed by atoms with Gasteiger partial charge in [-0.15, -0.1) is 4.72 Å². The maximum Gasteiger partial charge on any atom is 0.136 e. The second-order valence-corrected chi connectivity index (χ2v) is 9.62. The number of aromatic nitrogens is 1. The predicted molar refractivity (Wildman–Crippen MR) is 100 cm³/mol. The minimum atomic E-state index is -1.16. The van der Waals surface area contributed by atoms with Gasteiger partial charge in [-0.25, -0.2) is 4.98 Å². The molecule has 0 aliphatic carbocycles. The summed E-state index contributed by atoms with van der Waals surface area (Å²) in [6.45, 7) is 6.11. The maximum absolute atomic E-state index is 12.1. The van der Waals surface area contributed by atoms with Crippen LogP contribution in [0.3, 0.4) is 0 Å². The number of hydrogen-bond donors (Lipinski definition) is 2. The third kappa shape index (κ3) is 5.12. The molecule has 1 aromatic heterocycles. The first-order valence-electron chi connectivity index (χ1n) is 7.48. The Hall–Kier alpha value is -0.760. The Balaban J connectivity index is 2.16. The number of aliphatic hydroxyl groups excluding tert-OH is 1. The standard InChI is InChI=1S/C17H21ClN2O2S2/c1-17(2,3)24(22)20-10-12-6-4-8-14(15(12)18)23-16-13(11-21)7-5-9-19-16/h4-9,20-21H,10-11H2,1-3H3. The topological polar surface area (TPSA) is 68.2 Å². The molecular weight excluding hydrogens is 364 g/mol. The molecule has 2 aromatic rings. The SMILES string of the molecule is CC(C)(C)[S+]([O-])NCc1cccc(Sc2ncccc2CO)c1Cl. The summed E-state index contributed by atoms with van der Waals surface area (Å²) in [4.78, 5) is 5.15. The second-order valence-electron chi connectivity index (χ2n) is 6.16. The van der Waals surface area contributed by atoms with Gasteiger partial charge in [0.05, 0.1) is 18.2 Å². The van der Waals surface area contributed by atoms with E-state index < -0.39 is 11.4 Å². The number of benzene rings is 1. The molecule has 0 radical (unpaired) electrons. The van der Waals surface area contributed by atoms with Crippen LogP contribution in [0.25, 0.3) is 0 Å². The van der Waals surface area contributed by atoms with Crippen LogP contribution in [0, 0.1) is 0 Å². The van der Waals surface area contributed by atoms with E-state index in [0.29, 0.717) is 11.6 Å². The first-order chi connectivity index (χ1) is 11.3. The molecule has 0 aliphatic heterocycles. The van der Waals surface area contributed by atoms with Crippen LogP contribution in [-0.4, -0.2) is 19.4 Å². The molecular formula is C17H21ClN2O2S2. The minimum Gasteiger partial charge on any atom is -0.598 e. The van der Waals surface area contributed by atoms with Crippen molar-refractivity contribution in [3.05, 3.63) is 52.7 Å². The number of aliphatic hydroxyl groups is 1. The summed E-state index contributed by atoms with van der Waals surface area (Å²) in [6.07, 6.45) is 1.69. The molecule has 2 N–H and O–H groups in total. The molecule has 130 valence electrons. The zero-order valence-electron chi connectivity index (χ0n) is 13.9. The monoisotopic (exact) mass is 384 g/mol. The quantitative estimate of drug-likeness (QED) is 0.738. The number of halogens is 1. The number of nitrogens with zero attached hydrogens (tertiary/aromatic N) is 1. The third-order valence-corrected chi connectivity index (χ3v) is 6.42. The molecule has 0 amide bonds. The van der Waals surface area contributed by atoms with Crippen LogP contribution in [0.2, 0.25) is 5.02 Å². The molecule has 0 spiro atoms. The van der Waals surface area contributed by atoms with Gasteiger partial charge in [-0.05, 0) is 38.5 Å². The van der Waals surface area contributed by atoms with E-state index in [1.807, 2.05) is 45.0 Å². The van der Waals surface area contributed by atoms with Crippen molar-refractivity contribution in [1.82, 2.24) is 9.71 Å². The molecule has 0 saturated carbocycles. The van der Waals surface area contributed by atoms with E-state index in [1.165, 1.54) is 11.8 Å². The lowest BCUT2D eigenvalue weighted by Crippen LogP contribution is -2.38. The zero-order valence-corrected chi connectivity index (χ0v) is 16.3. The summed E-state index contributed by atoms with van der Waals surface area (Å²) in [5, 5.41) is 10.7. The largest absolute Gasteiger partial charge is 0.598 e. The molecule has 1 unspecified atom stereocenters. The molecule has 0 bridgehead atoms. The van der Waals surface area contributed by atoms with Gasteiger partial charge in [0, 0.05) is 28.0 Å². The molecule has 1 aromatic carbocycles. The summed E-state index contributed by atoms with van der Waals surface area (Å²) >= 11 is 6.76. The van der Waals surface area contributed by atoms with Gasteiger partial charge in [-0.3, -0.25) is 0 Å². The fourth-order valence-electron chi connectivity index (χ4n) is 1.87.